The first-order chi connectivity index (χ1) is 14.0. The predicted octanol–water partition coefficient (Wildman–Crippen LogP) is 4.07. The van der Waals surface area contributed by atoms with Gasteiger partial charge < -0.3 is 14.4 Å². The Bertz CT molecular complexity index is 953. The molecule has 2 aliphatic heterocycles. The molecule has 2 aliphatic rings. The summed E-state index contributed by atoms with van der Waals surface area (Å²) in [5.74, 6) is 1.99. The van der Waals surface area contributed by atoms with Gasteiger partial charge in [-0.15, -0.1) is 5.10 Å². The monoisotopic (exact) mass is 393 g/mol. The number of carbonyl (C=O) groups excluding carboxylic acids is 1. The number of nitrogens with zero attached hydrogens (tertiary/aromatic N) is 3. The van der Waals surface area contributed by atoms with E-state index in [4.69, 9.17) is 14.6 Å². The van der Waals surface area contributed by atoms with Gasteiger partial charge in [-0.05, 0) is 57.0 Å². The van der Waals surface area contributed by atoms with Crippen molar-refractivity contribution in [2.45, 2.75) is 40.3 Å². The lowest BCUT2D eigenvalue weighted by atomic mass is 9.95. The van der Waals surface area contributed by atoms with Gasteiger partial charge in [-0.3, -0.25) is 4.79 Å². The van der Waals surface area contributed by atoms with Crippen molar-refractivity contribution in [3.05, 3.63) is 53.1 Å². The number of aryl methyl sites for hydroxylation is 1. The number of anilines is 1. The molecule has 0 radical (unpaired) electrons. The quantitative estimate of drug-likeness (QED) is 0.740. The summed E-state index contributed by atoms with van der Waals surface area (Å²) in [5.41, 5.74) is 4.45. The number of rotatable bonds is 6. The van der Waals surface area contributed by atoms with Gasteiger partial charge in [0.2, 0.25) is 0 Å². The molecule has 0 spiro atoms. The number of amidine groups is 1. The summed E-state index contributed by atoms with van der Waals surface area (Å²) in [4.78, 5) is 14.4. The zero-order valence-electron chi connectivity index (χ0n) is 17.4. The normalized spacial score (nSPS) is 17.5. The van der Waals surface area contributed by atoms with E-state index in [9.17, 15) is 4.79 Å². The molecule has 0 saturated carbocycles. The van der Waals surface area contributed by atoms with Crippen LogP contribution in [0.5, 0.6) is 11.5 Å². The Morgan fingerprint density at radius 1 is 1.10 bits per heavy atom. The van der Waals surface area contributed by atoms with E-state index < -0.39 is 0 Å². The van der Waals surface area contributed by atoms with Crippen molar-refractivity contribution in [2.75, 3.05) is 24.8 Å². The van der Waals surface area contributed by atoms with Crippen molar-refractivity contribution in [1.29, 1.82) is 0 Å². The molecular formula is C23H27N3O3. The van der Waals surface area contributed by atoms with E-state index in [0.29, 0.717) is 19.0 Å². The molecule has 4 rings (SSSR count). The first kappa shape index (κ1) is 19.3. The van der Waals surface area contributed by atoms with Crippen LogP contribution in [0.2, 0.25) is 0 Å². The summed E-state index contributed by atoms with van der Waals surface area (Å²) < 4.78 is 11.7. The first-order valence-electron chi connectivity index (χ1n) is 10.2. The van der Waals surface area contributed by atoms with Gasteiger partial charge in [-0.2, -0.15) is 0 Å². The van der Waals surface area contributed by atoms with Gasteiger partial charge >= 0.3 is 0 Å². The molecule has 152 valence electrons. The van der Waals surface area contributed by atoms with Crippen molar-refractivity contribution in [3.63, 3.8) is 0 Å². The second-order valence-corrected chi connectivity index (χ2v) is 7.34. The van der Waals surface area contributed by atoms with Gasteiger partial charge in [0.25, 0.3) is 0 Å². The molecular weight excluding hydrogens is 366 g/mol. The van der Waals surface area contributed by atoms with Crippen LogP contribution in [0.1, 0.15) is 43.6 Å². The first-order valence-corrected chi connectivity index (χ1v) is 10.2. The highest BCUT2D eigenvalue weighted by atomic mass is 16.5. The summed E-state index contributed by atoms with van der Waals surface area (Å²) >= 11 is 0. The Morgan fingerprint density at radius 2 is 1.76 bits per heavy atom. The maximum Gasteiger partial charge on any atom is 0.196 e. The lowest BCUT2D eigenvalue weighted by Gasteiger charge is -2.37. The molecule has 0 aromatic heterocycles. The van der Waals surface area contributed by atoms with Gasteiger partial charge in [-0.25, -0.2) is 5.01 Å². The van der Waals surface area contributed by atoms with Crippen molar-refractivity contribution in [3.8, 4) is 11.5 Å². The third-order valence-electron chi connectivity index (χ3n) is 5.32. The van der Waals surface area contributed by atoms with Crippen LogP contribution in [-0.2, 0) is 11.2 Å². The molecule has 0 N–H and O–H groups in total. The fourth-order valence-electron chi connectivity index (χ4n) is 4.01. The Kier molecular flexibility index (Phi) is 5.18. The average Bonchev–Trinajstić information content (AvgIpc) is 3.10. The van der Waals surface area contributed by atoms with E-state index in [0.717, 1.165) is 35.7 Å². The highest BCUT2D eigenvalue weighted by molar-refractivity contribution is 6.38. The zero-order chi connectivity index (χ0) is 20.5. The van der Waals surface area contributed by atoms with Crippen LogP contribution in [0.25, 0.3) is 0 Å². The number of ketones is 1. The number of benzene rings is 2. The van der Waals surface area contributed by atoms with Crippen molar-refractivity contribution in [2.24, 2.45) is 5.10 Å². The zero-order valence-corrected chi connectivity index (χ0v) is 17.4. The van der Waals surface area contributed by atoms with Crippen molar-refractivity contribution >= 4 is 17.3 Å². The fraction of sp³-hybridized carbons (Fsp3) is 0.391. The van der Waals surface area contributed by atoms with Gasteiger partial charge in [0.15, 0.2) is 29.3 Å². The molecule has 1 unspecified atom stereocenters. The molecule has 0 amide bonds. The second kappa shape index (κ2) is 7.78. The minimum absolute atomic E-state index is 0.0240. The van der Waals surface area contributed by atoms with Gasteiger partial charge in [0.05, 0.1) is 18.9 Å². The lowest BCUT2D eigenvalue weighted by Crippen LogP contribution is -2.42. The van der Waals surface area contributed by atoms with Gasteiger partial charge in [0, 0.05) is 19.0 Å². The molecule has 1 atom stereocenters. The van der Waals surface area contributed by atoms with E-state index in [1.165, 1.54) is 11.1 Å². The van der Waals surface area contributed by atoms with E-state index in [-0.39, 0.29) is 11.9 Å². The summed E-state index contributed by atoms with van der Waals surface area (Å²) in [5, 5.41) is 6.67. The fourth-order valence-corrected chi connectivity index (χ4v) is 4.01. The summed E-state index contributed by atoms with van der Waals surface area (Å²) in [6.07, 6.45) is 0.655. The van der Waals surface area contributed by atoms with Crippen LogP contribution >= 0.6 is 0 Å². The molecule has 0 fully saturated rings. The SMILES string of the molecule is CCOc1cc2c(cc1OCC)C1N(CC2)C(C(C)=O)=NN1c1ccc(C)cc1. The molecule has 0 bridgehead atoms. The van der Waals surface area contributed by atoms with Crippen molar-refractivity contribution in [1.82, 2.24) is 4.90 Å². The summed E-state index contributed by atoms with van der Waals surface area (Å²) in [6, 6.07) is 12.4. The van der Waals surface area contributed by atoms with Gasteiger partial charge in [-0.1, -0.05) is 17.7 Å². The van der Waals surface area contributed by atoms with Crippen LogP contribution in [0.4, 0.5) is 5.69 Å². The van der Waals surface area contributed by atoms with Gasteiger partial charge in [0.1, 0.15) is 0 Å². The third kappa shape index (κ3) is 3.43. The minimum Gasteiger partial charge on any atom is -0.490 e. The number of hydrogen-bond acceptors (Lipinski definition) is 6. The van der Waals surface area contributed by atoms with Crippen LogP contribution in [-0.4, -0.2) is 36.3 Å². The van der Waals surface area contributed by atoms with Crippen molar-refractivity contribution < 1.29 is 14.3 Å². The summed E-state index contributed by atoms with van der Waals surface area (Å²) in [7, 11) is 0. The third-order valence-corrected chi connectivity index (χ3v) is 5.32. The van der Waals surface area contributed by atoms with Crippen LogP contribution in [0.3, 0.4) is 0 Å². The standard InChI is InChI=1S/C23H27N3O3/c1-5-28-20-13-17-11-12-25-22(16(4)27)24-26(18-9-7-15(3)8-10-18)23(25)19(17)14-21(20)29-6-2/h7-10,13-14,23H,5-6,11-12H2,1-4H3. The summed E-state index contributed by atoms with van der Waals surface area (Å²) in [6.45, 7) is 9.45. The van der Waals surface area contributed by atoms with E-state index in [1.54, 1.807) is 6.92 Å². The number of hydrazone groups is 1. The maximum absolute atomic E-state index is 12.3. The maximum atomic E-state index is 12.3. The Hall–Kier alpha value is -3.02. The topological polar surface area (TPSA) is 54.4 Å². The number of carbonyl (C=O) groups is 1. The van der Waals surface area contributed by atoms with Crippen LogP contribution < -0.4 is 14.5 Å². The molecule has 2 aromatic carbocycles. The molecule has 0 aliphatic carbocycles. The molecule has 6 nitrogen and oxygen atoms in total. The average molecular weight is 393 g/mol. The molecule has 2 heterocycles. The smallest absolute Gasteiger partial charge is 0.196 e. The highest BCUT2D eigenvalue weighted by Gasteiger charge is 2.41. The Balaban J connectivity index is 1.83. The molecule has 2 aromatic rings. The molecule has 6 heteroatoms. The number of ether oxygens (including phenoxy) is 2. The van der Waals surface area contributed by atoms with E-state index in [2.05, 4.69) is 36.1 Å². The lowest BCUT2D eigenvalue weighted by molar-refractivity contribution is -0.111. The van der Waals surface area contributed by atoms with Crippen LogP contribution in [0.15, 0.2) is 41.5 Å². The number of fused-ring (bicyclic) bond motifs is 3. The Labute approximate surface area is 171 Å². The number of hydrogen-bond donors (Lipinski definition) is 0. The number of Topliss-reactive ketones (excluding diaryl/α,β-unsaturated/α-hetero) is 1. The largest absolute Gasteiger partial charge is 0.490 e. The van der Waals surface area contributed by atoms with E-state index in [1.807, 2.05) is 31.0 Å². The second-order valence-electron chi connectivity index (χ2n) is 7.34. The van der Waals surface area contributed by atoms with Crippen LogP contribution in [0, 0.1) is 6.92 Å². The highest BCUT2D eigenvalue weighted by Crippen LogP contribution is 2.44. The molecule has 29 heavy (non-hydrogen) atoms. The minimum atomic E-state index is -0.171. The predicted molar refractivity (Wildman–Crippen MR) is 114 cm³/mol. The van der Waals surface area contributed by atoms with E-state index >= 15 is 0 Å². The Morgan fingerprint density at radius 3 is 2.38 bits per heavy atom. The molecule has 0 saturated heterocycles.